The van der Waals surface area contributed by atoms with E-state index in [1.54, 1.807) is 12.2 Å². The van der Waals surface area contributed by atoms with Gasteiger partial charge in [0.05, 0.1) is 17.1 Å². The molecule has 0 bridgehead atoms. The maximum atomic E-state index is 12.4. The zero-order valence-corrected chi connectivity index (χ0v) is 16.8. The lowest BCUT2D eigenvalue weighted by molar-refractivity contribution is -0.140. The molecule has 2 aromatic rings. The van der Waals surface area contributed by atoms with E-state index in [1.807, 2.05) is 59.5 Å². The summed E-state index contributed by atoms with van der Waals surface area (Å²) in [6, 6.07) is 17.7. The molecule has 1 amide bonds. The van der Waals surface area contributed by atoms with Gasteiger partial charge in [-0.2, -0.15) is 0 Å². The number of carbonyl (C=O) groups excluding carboxylic acids is 1. The predicted octanol–water partition coefficient (Wildman–Crippen LogP) is 3.76. The topological polar surface area (TPSA) is 70.1 Å². The molecule has 0 atom stereocenters. The van der Waals surface area contributed by atoms with Gasteiger partial charge < -0.3 is 14.7 Å². The molecule has 1 saturated heterocycles. The van der Waals surface area contributed by atoms with Gasteiger partial charge in [-0.05, 0) is 23.8 Å². The van der Waals surface area contributed by atoms with Crippen LogP contribution in [-0.2, 0) is 16.1 Å². The van der Waals surface area contributed by atoms with Gasteiger partial charge in [-0.25, -0.2) is 0 Å². The largest absolute Gasteiger partial charge is 0.480 e. The van der Waals surface area contributed by atoms with E-state index in [0.717, 1.165) is 33.7 Å². The fourth-order valence-corrected chi connectivity index (χ4v) is 4.23. The van der Waals surface area contributed by atoms with Crippen LogP contribution in [0, 0.1) is 0 Å². The van der Waals surface area contributed by atoms with Crippen LogP contribution in [-0.4, -0.2) is 32.7 Å². The molecule has 0 unspecified atom stereocenters. The van der Waals surface area contributed by atoms with Crippen molar-refractivity contribution in [2.24, 2.45) is 0 Å². The molecule has 2 aliphatic rings. The Labute approximate surface area is 177 Å². The molecule has 0 radical (unpaired) electrons. The number of hydrogen-bond donors (Lipinski definition) is 1. The Bertz CT molecular complexity index is 1050. The normalized spacial score (nSPS) is 18.5. The Kier molecular flexibility index (Phi) is 5.37. The summed E-state index contributed by atoms with van der Waals surface area (Å²) in [4.78, 5) is 26.9. The van der Waals surface area contributed by atoms with Gasteiger partial charge in [0.2, 0.25) is 5.88 Å². The number of amides is 1. The number of allylic oxidation sites excluding steroid dienone is 2. The molecule has 8 heteroatoms. The van der Waals surface area contributed by atoms with E-state index in [-0.39, 0.29) is 4.32 Å². The van der Waals surface area contributed by atoms with Gasteiger partial charge in [-0.15, -0.1) is 0 Å². The molecule has 1 N–H and O–H groups in total. The number of fused-ring (bicyclic) bond motifs is 1. The molecule has 4 rings (SSSR count). The van der Waals surface area contributed by atoms with Crippen LogP contribution in [0.1, 0.15) is 5.56 Å². The number of carbonyl (C=O) groups is 2. The number of nitrogens with zero attached hydrogens (tertiary/aromatic N) is 2. The van der Waals surface area contributed by atoms with Crippen molar-refractivity contribution in [2.75, 3.05) is 11.4 Å². The molecular weight excluding hydrogens is 408 g/mol. The van der Waals surface area contributed by atoms with E-state index in [0.29, 0.717) is 17.3 Å². The van der Waals surface area contributed by atoms with Crippen molar-refractivity contribution in [3.8, 4) is 5.75 Å². The highest BCUT2D eigenvalue weighted by Gasteiger charge is 2.33. The third-order valence-corrected chi connectivity index (χ3v) is 5.76. The standard InChI is InChI=1S/C21H16N2O4S2/c24-19(25)13-23-20(26)17(29-21(23)28)10-11-18-22(12-14-6-2-1-3-7-14)15-8-4-5-9-16(15)27-18/h1-11H,12-13H2,(H,24,25). The monoisotopic (exact) mass is 424 g/mol. The highest BCUT2D eigenvalue weighted by atomic mass is 32.2. The maximum absolute atomic E-state index is 12.4. The summed E-state index contributed by atoms with van der Waals surface area (Å²) in [6.07, 6.45) is 3.34. The number of thioether (sulfide) groups is 1. The van der Waals surface area contributed by atoms with Crippen LogP contribution in [0.25, 0.3) is 0 Å². The number of aliphatic carboxylic acids is 1. The van der Waals surface area contributed by atoms with Gasteiger partial charge >= 0.3 is 5.97 Å². The summed E-state index contributed by atoms with van der Waals surface area (Å²) >= 11 is 6.21. The second kappa shape index (κ2) is 8.10. The fourth-order valence-electron chi connectivity index (χ4n) is 3.04. The number of carboxylic acid groups (broad SMARTS) is 1. The van der Waals surface area contributed by atoms with Crippen molar-refractivity contribution in [3.05, 3.63) is 83.1 Å². The van der Waals surface area contributed by atoms with Crippen LogP contribution in [0.3, 0.4) is 0 Å². The van der Waals surface area contributed by atoms with Crippen molar-refractivity contribution < 1.29 is 19.4 Å². The zero-order chi connectivity index (χ0) is 20.4. The van der Waals surface area contributed by atoms with Crippen LogP contribution >= 0.6 is 24.0 Å². The molecular formula is C21H16N2O4S2. The Hall–Kier alpha value is -3.10. The number of ether oxygens (including phenoxy) is 1. The van der Waals surface area contributed by atoms with Crippen molar-refractivity contribution in [3.63, 3.8) is 0 Å². The second-order valence-electron chi connectivity index (χ2n) is 6.33. The van der Waals surface area contributed by atoms with Crippen molar-refractivity contribution in [1.29, 1.82) is 0 Å². The molecule has 2 heterocycles. The van der Waals surface area contributed by atoms with Gasteiger partial charge in [0, 0.05) is 6.08 Å². The summed E-state index contributed by atoms with van der Waals surface area (Å²) in [5, 5.41) is 8.95. The SMILES string of the molecule is O=C(O)CN1C(=O)C(=CC=C2Oc3ccccc3N2Cc2ccccc2)SC1=S. The number of thiocarbonyl (C=S) groups is 1. The number of hydrogen-bond acceptors (Lipinski definition) is 6. The first-order chi connectivity index (χ1) is 14.0. The Morgan fingerprint density at radius 2 is 1.79 bits per heavy atom. The maximum Gasteiger partial charge on any atom is 0.323 e. The van der Waals surface area contributed by atoms with E-state index >= 15 is 0 Å². The number of rotatable bonds is 5. The molecule has 0 spiro atoms. The molecule has 0 saturated carbocycles. The fraction of sp³-hybridized carbons (Fsp3) is 0.0952. The predicted molar refractivity (Wildman–Crippen MR) is 115 cm³/mol. The Morgan fingerprint density at radius 1 is 1.07 bits per heavy atom. The van der Waals surface area contributed by atoms with Crippen LogP contribution in [0.2, 0.25) is 0 Å². The minimum atomic E-state index is -1.11. The summed E-state index contributed by atoms with van der Waals surface area (Å²) in [5.41, 5.74) is 2.06. The van der Waals surface area contributed by atoms with Crippen molar-refractivity contribution in [1.82, 2.24) is 4.90 Å². The lowest BCUT2D eigenvalue weighted by atomic mass is 10.2. The van der Waals surface area contributed by atoms with E-state index < -0.39 is 18.4 Å². The lowest BCUT2D eigenvalue weighted by Gasteiger charge is -2.18. The van der Waals surface area contributed by atoms with E-state index in [9.17, 15) is 9.59 Å². The first kappa shape index (κ1) is 19.2. The van der Waals surface area contributed by atoms with Gasteiger partial charge in [-0.1, -0.05) is 66.4 Å². The molecule has 0 aliphatic carbocycles. The first-order valence-electron chi connectivity index (χ1n) is 8.79. The second-order valence-corrected chi connectivity index (χ2v) is 8.01. The summed E-state index contributed by atoms with van der Waals surface area (Å²) in [6.45, 7) is 0.165. The molecule has 1 fully saturated rings. The van der Waals surface area contributed by atoms with Crippen LogP contribution in [0.4, 0.5) is 5.69 Å². The quantitative estimate of drug-likeness (QED) is 0.579. The lowest BCUT2D eigenvalue weighted by Crippen LogP contribution is -2.33. The van der Waals surface area contributed by atoms with Crippen LogP contribution in [0.5, 0.6) is 5.75 Å². The highest BCUT2D eigenvalue weighted by molar-refractivity contribution is 8.26. The third kappa shape index (κ3) is 4.03. The summed E-state index contributed by atoms with van der Waals surface area (Å²) < 4.78 is 6.22. The van der Waals surface area contributed by atoms with Gasteiger partial charge in [0.25, 0.3) is 5.91 Å². The van der Waals surface area contributed by atoms with Crippen molar-refractivity contribution in [2.45, 2.75) is 6.54 Å². The molecule has 146 valence electrons. The van der Waals surface area contributed by atoms with E-state index in [2.05, 4.69) is 0 Å². The average molecular weight is 425 g/mol. The van der Waals surface area contributed by atoms with E-state index in [4.69, 9.17) is 22.1 Å². The summed E-state index contributed by atoms with van der Waals surface area (Å²) in [7, 11) is 0. The van der Waals surface area contributed by atoms with Gasteiger partial charge in [0.1, 0.15) is 10.9 Å². The minimum absolute atomic E-state index is 0.235. The minimum Gasteiger partial charge on any atom is -0.480 e. The third-order valence-electron chi connectivity index (χ3n) is 4.36. The number of benzene rings is 2. The number of anilines is 1. The smallest absolute Gasteiger partial charge is 0.323 e. The van der Waals surface area contributed by atoms with Crippen LogP contribution in [0.15, 0.2) is 77.5 Å². The van der Waals surface area contributed by atoms with Crippen molar-refractivity contribution >= 4 is 45.9 Å². The molecule has 2 aromatic carbocycles. The Morgan fingerprint density at radius 3 is 2.55 bits per heavy atom. The molecule has 6 nitrogen and oxygen atoms in total. The molecule has 29 heavy (non-hydrogen) atoms. The highest BCUT2D eigenvalue weighted by Crippen LogP contribution is 2.40. The van der Waals surface area contributed by atoms with Crippen LogP contribution < -0.4 is 9.64 Å². The van der Waals surface area contributed by atoms with Gasteiger partial charge in [0.15, 0.2) is 5.75 Å². The Balaban J connectivity index is 1.62. The number of para-hydroxylation sites is 2. The molecule has 0 aromatic heterocycles. The molecule has 2 aliphatic heterocycles. The number of carboxylic acids is 1. The van der Waals surface area contributed by atoms with Gasteiger partial charge in [-0.3, -0.25) is 14.5 Å². The van der Waals surface area contributed by atoms with E-state index in [1.165, 1.54) is 0 Å². The first-order valence-corrected chi connectivity index (χ1v) is 10.0. The summed E-state index contributed by atoms with van der Waals surface area (Å²) in [5.74, 6) is -0.200. The zero-order valence-electron chi connectivity index (χ0n) is 15.1. The average Bonchev–Trinajstić information content (AvgIpc) is 3.19.